The second kappa shape index (κ2) is 7.63. The van der Waals surface area contributed by atoms with E-state index in [4.69, 9.17) is 9.47 Å². The minimum absolute atomic E-state index is 0.154. The monoisotopic (exact) mass is 231 g/mol. The van der Waals surface area contributed by atoms with Gasteiger partial charge in [-0.15, -0.1) is 0 Å². The quantitative estimate of drug-likeness (QED) is 0.678. The molecule has 0 heterocycles. The number of hydrogen-bond donors (Lipinski definition) is 1. The van der Waals surface area contributed by atoms with Crippen LogP contribution >= 0.6 is 0 Å². The molecular weight excluding hydrogens is 206 g/mol. The summed E-state index contributed by atoms with van der Waals surface area (Å²) in [5.41, 5.74) is -0.390. The van der Waals surface area contributed by atoms with Crippen molar-refractivity contribution < 1.29 is 14.3 Å². The van der Waals surface area contributed by atoms with Crippen molar-refractivity contribution in [3.63, 3.8) is 0 Å². The van der Waals surface area contributed by atoms with Gasteiger partial charge in [-0.25, -0.2) is 0 Å². The van der Waals surface area contributed by atoms with Crippen LogP contribution < -0.4 is 5.32 Å². The van der Waals surface area contributed by atoms with Gasteiger partial charge in [-0.1, -0.05) is 0 Å². The van der Waals surface area contributed by atoms with Crippen LogP contribution in [-0.2, 0) is 14.3 Å². The Morgan fingerprint density at radius 2 is 2.00 bits per heavy atom. The Morgan fingerprint density at radius 3 is 2.50 bits per heavy atom. The minimum atomic E-state index is -0.390. The molecule has 1 unspecified atom stereocenters. The topological polar surface area (TPSA) is 47.6 Å². The highest BCUT2D eigenvalue weighted by Gasteiger charge is 2.15. The lowest BCUT2D eigenvalue weighted by molar-refractivity contribution is -0.154. The van der Waals surface area contributed by atoms with Crippen molar-refractivity contribution in [2.24, 2.45) is 0 Å². The second-order valence-electron chi connectivity index (χ2n) is 4.97. The summed E-state index contributed by atoms with van der Waals surface area (Å²) in [5.74, 6) is -0.154. The van der Waals surface area contributed by atoms with Gasteiger partial charge >= 0.3 is 5.97 Å². The molecule has 4 nitrogen and oxygen atoms in total. The van der Waals surface area contributed by atoms with E-state index in [-0.39, 0.29) is 5.97 Å². The van der Waals surface area contributed by atoms with Crippen molar-refractivity contribution in [2.45, 2.75) is 52.2 Å². The van der Waals surface area contributed by atoms with Crippen molar-refractivity contribution in [3.8, 4) is 0 Å². The highest BCUT2D eigenvalue weighted by Crippen LogP contribution is 2.07. The van der Waals surface area contributed by atoms with E-state index in [0.29, 0.717) is 19.0 Å². The second-order valence-corrected chi connectivity index (χ2v) is 4.97. The van der Waals surface area contributed by atoms with Gasteiger partial charge in [-0.3, -0.25) is 4.79 Å². The number of methoxy groups -OCH3 is 1. The van der Waals surface area contributed by atoms with Gasteiger partial charge in [0.25, 0.3) is 0 Å². The van der Waals surface area contributed by atoms with E-state index in [1.54, 1.807) is 7.11 Å². The molecule has 0 spiro atoms. The Kier molecular flexibility index (Phi) is 7.34. The molecule has 0 aromatic carbocycles. The molecule has 16 heavy (non-hydrogen) atoms. The zero-order valence-electron chi connectivity index (χ0n) is 11.1. The van der Waals surface area contributed by atoms with Crippen molar-refractivity contribution in [3.05, 3.63) is 0 Å². The molecule has 96 valence electrons. The summed E-state index contributed by atoms with van der Waals surface area (Å²) < 4.78 is 10.2. The highest BCUT2D eigenvalue weighted by molar-refractivity contribution is 5.70. The summed E-state index contributed by atoms with van der Waals surface area (Å²) >= 11 is 0. The summed E-state index contributed by atoms with van der Waals surface area (Å²) in [6.45, 7) is 9.09. The molecule has 0 rings (SSSR count). The van der Waals surface area contributed by atoms with Crippen LogP contribution in [0.25, 0.3) is 0 Å². The van der Waals surface area contributed by atoms with E-state index in [0.717, 1.165) is 13.0 Å². The van der Waals surface area contributed by atoms with Crippen LogP contribution in [0.3, 0.4) is 0 Å². The van der Waals surface area contributed by atoms with E-state index >= 15 is 0 Å². The number of rotatable bonds is 7. The van der Waals surface area contributed by atoms with Gasteiger partial charge in [-0.2, -0.15) is 0 Å². The Labute approximate surface area is 98.7 Å². The first-order valence-electron chi connectivity index (χ1n) is 5.79. The van der Waals surface area contributed by atoms with E-state index in [9.17, 15) is 4.79 Å². The van der Waals surface area contributed by atoms with Gasteiger partial charge < -0.3 is 14.8 Å². The largest absolute Gasteiger partial charge is 0.460 e. The first-order valence-corrected chi connectivity index (χ1v) is 5.79. The van der Waals surface area contributed by atoms with E-state index < -0.39 is 5.60 Å². The highest BCUT2D eigenvalue weighted by atomic mass is 16.6. The van der Waals surface area contributed by atoms with Crippen LogP contribution in [-0.4, -0.2) is 37.9 Å². The molecule has 0 bridgehead atoms. The zero-order valence-corrected chi connectivity index (χ0v) is 11.1. The predicted octanol–water partition coefficient (Wildman–Crippen LogP) is 1.73. The number of nitrogens with one attached hydrogen (secondary N) is 1. The molecular formula is C12H25NO3. The molecule has 0 aliphatic carbocycles. The summed E-state index contributed by atoms with van der Waals surface area (Å²) in [6, 6.07) is 0.363. The molecule has 0 aliphatic heterocycles. The normalized spacial score (nSPS) is 13.6. The third kappa shape index (κ3) is 9.93. The average Bonchev–Trinajstić information content (AvgIpc) is 2.11. The third-order valence-corrected chi connectivity index (χ3v) is 2.00. The Morgan fingerprint density at radius 1 is 1.38 bits per heavy atom. The SMILES string of the molecule is COCCC(C)NCCC(=O)OC(C)(C)C. The number of carbonyl (C=O) groups excluding carboxylic acids is 1. The number of carbonyl (C=O) groups is 1. The van der Waals surface area contributed by atoms with Gasteiger partial charge in [0.2, 0.25) is 0 Å². The Hall–Kier alpha value is -0.610. The van der Waals surface area contributed by atoms with Crippen LogP contribution in [0.1, 0.15) is 40.5 Å². The van der Waals surface area contributed by atoms with Crippen LogP contribution in [0, 0.1) is 0 Å². The molecule has 0 aromatic heterocycles. The fourth-order valence-electron chi connectivity index (χ4n) is 1.21. The lowest BCUT2D eigenvalue weighted by Crippen LogP contribution is -2.31. The van der Waals surface area contributed by atoms with Crippen LogP contribution in [0.2, 0.25) is 0 Å². The molecule has 0 saturated heterocycles. The molecule has 0 aromatic rings. The number of esters is 1. The van der Waals surface area contributed by atoms with Gasteiger partial charge in [0.05, 0.1) is 6.42 Å². The standard InChI is InChI=1S/C12H25NO3/c1-10(7-9-15-5)13-8-6-11(14)16-12(2,3)4/h10,13H,6-9H2,1-5H3. The van der Waals surface area contributed by atoms with Gasteiger partial charge in [0.15, 0.2) is 0 Å². The van der Waals surface area contributed by atoms with Crippen LogP contribution in [0.4, 0.5) is 0 Å². The maximum atomic E-state index is 11.4. The fourth-order valence-corrected chi connectivity index (χ4v) is 1.21. The van der Waals surface area contributed by atoms with Crippen molar-refractivity contribution in [2.75, 3.05) is 20.3 Å². The molecule has 0 saturated carbocycles. The predicted molar refractivity (Wildman–Crippen MR) is 64.4 cm³/mol. The zero-order chi connectivity index (χ0) is 12.6. The summed E-state index contributed by atoms with van der Waals surface area (Å²) in [5, 5.41) is 3.25. The van der Waals surface area contributed by atoms with Crippen molar-refractivity contribution in [1.82, 2.24) is 5.32 Å². The number of hydrogen-bond acceptors (Lipinski definition) is 4. The summed E-state index contributed by atoms with van der Waals surface area (Å²) in [7, 11) is 1.69. The maximum Gasteiger partial charge on any atom is 0.307 e. The average molecular weight is 231 g/mol. The summed E-state index contributed by atoms with van der Waals surface area (Å²) in [6.07, 6.45) is 1.36. The molecule has 0 amide bonds. The van der Waals surface area contributed by atoms with E-state index in [1.165, 1.54) is 0 Å². The first-order chi connectivity index (χ1) is 7.35. The number of ether oxygens (including phenoxy) is 2. The van der Waals surface area contributed by atoms with Gasteiger partial charge in [0.1, 0.15) is 5.60 Å². The maximum absolute atomic E-state index is 11.4. The van der Waals surface area contributed by atoms with Gasteiger partial charge in [0, 0.05) is 26.3 Å². The third-order valence-electron chi connectivity index (χ3n) is 2.00. The molecule has 4 heteroatoms. The summed E-state index contributed by atoms with van der Waals surface area (Å²) in [4.78, 5) is 11.4. The first kappa shape index (κ1) is 15.4. The molecule has 0 fully saturated rings. The molecule has 1 atom stereocenters. The molecule has 1 N–H and O–H groups in total. The lowest BCUT2D eigenvalue weighted by Gasteiger charge is -2.20. The van der Waals surface area contributed by atoms with Crippen LogP contribution in [0.5, 0.6) is 0 Å². The van der Waals surface area contributed by atoms with Crippen LogP contribution in [0.15, 0.2) is 0 Å². The fraction of sp³-hybridized carbons (Fsp3) is 0.917. The van der Waals surface area contributed by atoms with E-state index in [1.807, 2.05) is 20.8 Å². The van der Waals surface area contributed by atoms with Crippen molar-refractivity contribution in [1.29, 1.82) is 0 Å². The minimum Gasteiger partial charge on any atom is -0.460 e. The van der Waals surface area contributed by atoms with Crippen molar-refractivity contribution >= 4 is 5.97 Å². The van der Waals surface area contributed by atoms with Gasteiger partial charge in [-0.05, 0) is 34.1 Å². The Bertz CT molecular complexity index is 199. The van der Waals surface area contributed by atoms with E-state index in [2.05, 4.69) is 12.2 Å². The Balaban J connectivity index is 3.54. The lowest BCUT2D eigenvalue weighted by atomic mass is 10.2. The molecule has 0 aliphatic rings. The smallest absolute Gasteiger partial charge is 0.307 e. The molecule has 0 radical (unpaired) electrons.